The number of ether oxygens (including phenoxy) is 1. The van der Waals surface area contributed by atoms with E-state index in [0.29, 0.717) is 6.42 Å². The molecule has 2 N–H and O–H groups in total. The summed E-state index contributed by atoms with van der Waals surface area (Å²) in [6.07, 6.45) is 0.472. The zero-order valence-corrected chi connectivity index (χ0v) is 12.1. The summed E-state index contributed by atoms with van der Waals surface area (Å²) in [5.41, 5.74) is 0.0989. The molecule has 1 aliphatic rings. The van der Waals surface area contributed by atoms with E-state index in [4.69, 9.17) is 4.74 Å². The van der Waals surface area contributed by atoms with Crippen LogP contribution in [-0.4, -0.2) is 54.8 Å². The van der Waals surface area contributed by atoms with Gasteiger partial charge in [0.05, 0.1) is 7.11 Å². The molecule has 1 aliphatic heterocycles. The van der Waals surface area contributed by atoms with Gasteiger partial charge in [0.1, 0.15) is 11.3 Å². The zero-order chi connectivity index (χ0) is 14.6. The Morgan fingerprint density at radius 3 is 2.75 bits per heavy atom. The molecule has 1 atom stereocenters. The van der Waals surface area contributed by atoms with Gasteiger partial charge in [0.2, 0.25) is 0 Å². The lowest BCUT2D eigenvalue weighted by molar-refractivity contribution is -0.151. The predicted molar refractivity (Wildman–Crippen MR) is 77.2 cm³/mol. The van der Waals surface area contributed by atoms with Crippen molar-refractivity contribution in [2.45, 2.75) is 18.9 Å². The second-order valence-electron chi connectivity index (χ2n) is 5.34. The van der Waals surface area contributed by atoms with E-state index in [-0.39, 0.29) is 0 Å². The van der Waals surface area contributed by atoms with E-state index < -0.39 is 11.5 Å². The second kappa shape index (κ2) is 6.24. The number of piperazine rings is 1. The molecule has 0 aliphatic carbocycles. The summed E-state index contributed by atoms with van der Waals surface area (Å²) in [6.45, 7) is 4.99. The van der Waals surface area contributed by atoms with Gasteiger partial charge in [-0.05, 0) is 24.6 Å². The van der Waals surface area contributed by atoms with Crippen LogP contribution < -0.4 is 10.1 Å². The van der Waals surface area contributed by atoms with Gasteiger partial charge in [-0.3, -0.25) is 9.69 Å². The topological polar surface area (TPSA) is 61.8 Å². The first kappa shape index (κ1) is 14.8. The molecule has 1 fully saturated rings. The third-order valence-corrected chi connectivity index (χ3v) is 3.96. The average Bonchev–Trinajstić information content (AvgIpc) is 2.48. The van der Waals surface area contributed by atoms with Gasteiger partial charge in [0, 0.05) is 32.6 Å². The first-order chi connectivity index (χ1) is 9.56. The molecule has 0 spiro atoms. The summed E-state index contributed by atoms with van der Waals surface area (Å²) < 4.78 is 5.20. The van der Waals surface area contributed by atoms with Crippen LogP contribution in [0.2, 0.25) is 0 Å². The number of carboxylic acid groups (broad SMARTS) is 1. The highest BCUT2D eigenvalue weighted by Crippen LogP contribution is 2.24. The number of benzene rings is 1. The highest BCUT2D eigenvalue weighted by Gasteiger charge is 2.40. The Kier molecular flexibility index (Phi) is 4.62. The van der Waals surface area contributed by atoms with Crippen molar-refractivity contribution in [1.82, 2.24) is 10.2 Å². The van der Waals surface area contributed by atoms with Crippen LogP contribution in [0.4, 0.5) is 0 Å². The van der Waals surface area contributed by atoms with Gasteiger partial charge in [-0.25, -0.2) is 0 Å². The summed E-state index contributed by atoms with van der Waals surface area (Å²) in [6, 6.07) is 7.62. The smallest absolute Gasteiger partial charge is 0.324 e. The summed E-state index contributed by atoms with van der Waals surface area (Å²) >= 11 is 0. The minimum atomic E-state index is -0.880. The molecule has 20 heavy (non-hydrogen) atoms. The first-order valence-corrected chi connectivity index (χ1v) is 6.88. The number of methoxy groups -OCH3 is 1. The van der Waals surface area contributed by atoms with Crippen LogP contribution in [0.25, 0.3) is 0 Å². The Labute approximate surface area is 119 Å². The molecule has 5 heteroatoms. The second-order valence-corrected chi connectivity index (χ2v) is 5.34. The minimum absolute atomic E-state index is 0.472. The fraction of sp³-hybridized carbons (Fsp3) is 0.533. The van der Waals surface area contributed by atoms with Crippen molar-refractivity contribution in [3.63, 3.8) is 0 Å². The quantitative estimate of drug-likeness (QED) is 0.841. The Bertz CT molecular complexity index is 472. The molecule has 1 aromatic carbocycles. The minimum Gasteiger partial charge on any atom is -0.497 e. The fourth-order valence-corrected chi connectivity index (χ4v) is 2.66. The molecule has 110 valence electrons. The predicted octanol–water partition coefficient (Wildman–Crippen LogP) is 0.986. The van der Waals surface area contributed by atoms with Crippen LogP contribution >= 0.6 is 0 Å². The average molecular weight is 278 g/mol. The molecule has 1 unspecified atom stereocenters. The number of carboxylic acids is 1. The summed E-state index contributed by atoms with van der Waals surface area (Å²) in [5.74, 6) is -0.0160. The van der Waals surface area contributed by atoms with Gasteiger partial charge in [0.15, 0.2) is 0 Å². The Morgan fingerprint density at radius 1 is 1.45 bits per heavy atom. The van der Waals surface area contributed by atoms with Crippen molar-refractivity contribution < 1.29 is 14.6 Å². The van der Waals surface area contributed by atoms with Crippen LogP contribution in [0.15, 0.2) is 24.3 Å². The largest absolute Gasteiger partial charge is 0.497 e. The third kappa shape index (κ3) is 3.11. The van der Waals surface area contributed by atoms with Crippen LogP contribution in [0.3, 0.4) is 0 Å². The van der Waals surface area contributed by atoms with Gasteiger partial charge in [-0.1, -0.05) is 12.1 Å². The van der Waals surface area contributed by atoms with Crippen LogP contribution in [0.5, 0.6) is 5.75 Å². The lowest BCUT2D eigenvalue weighted by Gasteiger charge is -2.40. The molecule has 2 rings (SSSR count). The normalized spacial score (nSPS) is 19.3. The number of nitrogens with one attached hydrogen (secondary N) is 1. The Morgan fingerprint density at radius 2 is 2.15 bits per heavy atom. The number of nitrogens with zero attached hydrogens (tertiary/aromatic N) is 1. The maximum Gasteiger partial charge on any atom is 0.324 e. The Balaban J connectivity index is 2.21. The molecule has 0 amide bonds. The SMILES string of the molecule is COc1cccc(CC(C)(C(=O)O)N2CCNCC2)c1. The van der Waals surface area contributed by atoms with E-state index >= 15 is 0 Å². The number of carbonyl (C=O) groups is 1. The van der Waals surface area contributed by atoms with Crippen molar-refractivity contribution in [2.75, 3.05) is 33.3 Å². The van der Waals surface area contributed by atoms with Crippen molar-refractivity contribution >= 4 is 5.97 Å². The molecule has 0 saturated carbocycles. The van der Waals surface area contributed by atoms with Gasteiger partial charge in [-0.15, -0.1) is 0 Å². The molecular weight excluding hydrogens is 256 g/mol. The zero-order valence-electron chi connectivity index (χ0n) is 12.1. The van der Waals surface area contributed by atoms with Gasteiger partial charge >= 0.3 is 5.97 Å². The van der Waals surface area contributed by atoms with Crippen LogP contribution in [-0.2, 0) is 11.2 Å². The van der Waals surface area contributed by atoms with E-state index in [1.165, 1.54) is 0 Å². The molecule has 1 aromatic rings. The molecule has 0 bridgehead atoms. The third-order valence-electron chi connectivity index (χ3n) is 3.96. The molecular formula is C15H22N2O3. The van der Waals surface area contributed by atoms with Gasteiger partial charge < -0.3 is 15.2 Å². The molecule has 1 saturated heterocycles. The van der Waals surface area contributed by atoms with E-state index in [9.17, 15) is 9.90 Å². The van der Waals surface area contributed by atoms with Crippen LogP contribution in [0.1, 0.15) is 12.5 Å². The highest BCUT2D eigenvalue weighted by molar-refractivity contribution is 5.78. The lowest BCUT2D eigenvalue weighted by Crippen LogP contribution is -2.59. The maximum absolute atomic E-state index is 11.8. The van der Waals surface area contributed by atoms with Gasteiger partial charge in [-0.2, -0.15) is 0 Å². The fourth-order valence-electron chi connectivity index (χ4n) is 2.66. The number of aliphatic carboxylic acids is 1. The molecule has 5 nitrogen and oxygen atoms in total. The van der Waals surface area contributed by atoms with Crippen LogP contribution in [0, 0.1) is 0 Å². The highest BCUT2D eigenvalue weighted by atomic mass is 16.5. The molecule has 0 radical (unpaired) electrons. The summed E-state index contributed by atoms with van der Waals surface area (Å²) in [5, 5.41) is 12.9. The first-order valence-electron chi connectivity index (χ1n) is 6.88. The lowest BCUT2D eigenvalue weighted by atomic mass is 9.90. The summed E-state index contributed by atoms with van der Waals surface area (Å²) in [4.78, 5) is 13.8. The number of hydrogen-bond donors (Lipinski definition) is 2. The van der Waals surface area contributed by atoms with Crippen molar-refractivity contribution in [3.8, 4) is 5.75 Å². The van der Waals surface area contributed by atoms with Crippen molar-refractivity contribution in [1.29, 1.82) is 0 Å². The Hall–Kier alpha value is -1.59. The monoisotopic (exact) mass is 278 g/mol. The van der Waals surface area contributed by atoms with Crippen molar-refractivity contribution in [3.05, 3.63) is 29.8 Å². The maximum atomic E-state index is 11.8. The summed E-state index contributed by atoms with van der Waals surface area (Å²) in [7, 11) is 1.62. The van der Waals surface area contributed by atoms with Crippen molar-refractivity contribution in [2.24, 2.45) is 0 Å². The number of hydrogen-bond acceptors (Lipinski definition) is 4. The van der Waals surface area contributed by atoms with Gasteiger partial charge in [0.25, 0.3) is 0 Å². The van der Waals surface area contributed by atoms with E-state index in [0.717, 1.165) is 37.5 Å². The molecule has 0 aromatic heterocycles. The van der Waals surface area contributed by atoms with E-state index in [1.807, 2.05) is 29.2 Å². The molecule has 1 heterocycles. The number of rotatable bonds is 5. The standard InChI is InChI=1S/C15H22N2O3/c1-15(14(18)19,17-8-6-16-7-9-17)11-12-4-3-5-13(10-12)20-2/h3-5,10,16H,6-9,11H2,1-2H3,(H,18,19). The van der Waals surface area contributed by atoms with E-state index in [2.05, 4.69) is 5.32 Å². The van der Waals surface area contributed by atoms with E-state index in [1.54, 1.807) is 14.0 Å².